The van der Waals surface area contributed by atoms with Crippen molar-refractivity contribution in [2.75, 3.05) is 18.4 Å². The van der Waals surface area contributed by atoms with Crippen LogP contribution in [0.3, 0.4) is 0 Å². The second kappa shape index (κ2) is 7.63. The van der Waals surface area contributed by atoms with Crippen molar-refractivity contribution in [3.05, 3.63) is 69.2 Å². The van der Waals surface area contributed by atoms with E-state index >= 15 is 0 Å². The van der Waals surface area contributed by atoms with Gasteiger partial charge in [-0.05, 0) is 31.0 Å². The van der Waals surface area contributed by atoms with Crippen molar-refractivity contribution in [3.8, 4) is 0 Å². The van der Waals surface area contributed by atoms with Crippen LogP contribution < -0.4 is 5.32 Å². The zero-order valence-electron chi connectivity index (χ0n) is 13.5. The molecule has 1 aliphatic rings. The highest BCUT2D eigenvalue weighted by atomic mass is 35.5. The van der Waals surface area contributed by atoms with Crippen LogP contribution in [0.4, 0.5) is 11.4 Å². The highest BCUT2D eigenvalue weighted by molar-refractivity contribution is 6.34. The summed E-state index contributed by atoms with van der Waals surface area (Å²) in [5.74, 6) is -0.182. The van der Waals surface area contributed by atoms with E-state index in [4.69, 9.17) is 11.6 Å². The first kappa shape index (κ1) is 17.4. The number of non-ortho nitro benzene ring substituents is 1. The van der Waals surface area contributed by atoms with Crippen molar-refractivity contribution in [1.82, 2.24) is 4.90 Å². The Hall–Kier alpha value is -2.44. The van der Waals surface area contributed by atoms with Crippen LogP contribution in [0.2, 0.25) is 5.02 Å². The highest BCUT2D eigenvalue weighted by Gasteiger charge is 2.27. The third-order valence-corrected chi connectivity index (χ3v) is 4.64. The largest absolute Gasteiger partial charge is 0.324 e. The molecule has 1 aliphatic heterocycles. The van der Waals surface area contributed by atoms with E-state index in [1.165, 1.54) is 23.8 Å². The highest BCUT2D eigenvalue weighted by Crippen LogP contribution is 2.32. The van der Waals surface area contributed by atoms with Gasteiger partial charge in [-0.2, -0.15) is 0 Å². The number of nitrogens with zero attached hydrogens (tertiary/aromatic N) is 2. The third kappa shape index (κ3) is 4.15. The molecule has 7 heteroatoms. The van der Waals surface area contributed by atoms with Gasteiger partial charge in [-0.15, -0.1) is 0 Å². The fourth-order valence-electron chi connectivity index (χ4n) is 3.16. The minimum Gasteiger partial charge on any atom is -0.324 e. The number of nitrogens with one attached hydrogen (secondary N) is 1. The predicted molar refractivity (Wildman–Crippen MR) is 96.7 cm³/mol. The molecule has 2 aromatic carbocycles. The number of benzene rings is 2. The Morgan fingerprint density at radius 2 is 2.04 bits per heavy atom. The molecule has 0 aliphatic carbocycles. The summed E-state index contributed by atoms with van der Waals surface area (Å²) in [4.78, 5) is 24.7. The zero-order chi connectivity index (χ0) is 17.8. The Balaban J connectivity index is 1.65. The van der Waals surface area contributed by atoms with Crippen molar-refractivity contribution in [3.63, 3.8) is 0 Å². The maximum atomic E-state index is 12.4. The van der Waals surface area contributed by atoms with E-state index in [1.807, 2.05) is 18.2 Å². The van der Waals surface area contributed by atoms with E-state index in [1.54, 1.807) is 0 Å². The number of carbonyl (C=O) groups excluding carboxylic acids is 1. The van der Waals surface area contributed by atoms with Gasteiger partial charge in [0, 0.05) is 18.2 Å². The molecular formula is C18H18ClN3O3. The number of nitro groups is 1. The van der Waals surface area contributed by atoms with Gasteiger partial charge in [0.1, 0.15) is 0 Å². The molecule has 130 valence electrons. The number of amides is 1. The molecule has 25 heavy (non-hydrogen) atoms. The Bertz CT molecular complexity index is 782. The first-order valence-corrected chi connectivity index (χ1v) is 8.45. The van der Waals surface area contributed by atoms with Crippen molar-refractivity contribution in [2.24, 2.45) is 0 Å². The van der Waals surface area contributed by atoms with Gasteiger partial charge in [-0.1, -0.05) is 41.9 Å². The number of hydrogen-bond donors (Lipinski definition) is 1. The lowest BCUT2D eigenvalue weighted by Crippen LogP contribution is -2.33. The van der Waals surface area contributed by atoms with E-state index in [9.17, 15) is 14.9 Å². The molecule has 0 aromatic heterocycles. The molecule has 0 saturated carbocycles. The summed E-state index contributed by atoms with van der Waals surface area (Å²) in [7, 11) is 0. The number of hydrogen-bond acceptors (Lipinski definition) is 4. The topological polar surface area (TPSA) is 75.5 Å². The maximum absolute atomic E-state index is 12.4. The smallest absolute Gasteiger partial charge is 0.271 e. The van der Waals surface area contributed by atoms with Crippen LogP contribution in [0, 0.1) is 10.1 Å². The van der Waals surface area contributed by atoms with Crippen molar-refractivity contribution in [1.29, 1.82) is 0 Å². The molecule has 1 atom stereocenters. The van der Waals surface area contributed by atoms with Crippen molar-refractivity contribution in [2.45, 2.75) is 18.9 Å². The molecule has 1 unspecified atom stereocenters. The Morgan fingerprint density at radius 1 is 1.28 bits per heavy atom. The zero-order valence-corrected chi connectivity index (χ0v) is 14.3. The quantitative estimate of drug-likeness (QED) is 0.646. The second-order valence-corrected chi connectivity index (χ2v) is 6.42. The van der Waals surface area contributed by atoms with Crippen molar-refractivity contribution < 1.29 is 9.72 Å². The maximum Gasteiger partial charge on any atom is 0.271 e. The summed E-state index contributed by atoms with van der Waals surface area (Å²) in [5.41, 5.74) is 1.49. The summed E-state index contributed by atoms with van der Waals surface area (Å²) in [5, 5.41) is 13.6. The summed E-state index contributed by atoms with van der Waals surface area (Å²) < 4.78 is 0. The molecule has 1 amide bonds. The third-order valence-electron chi connectivity index (χ3n) is 4.33. The lowest BCUT2D eigenvalue weighted by atomic mass is 10.0. The average Bonchev–Trinajstić information content (AvgIpc) is 3.05. The van der Waals surface area contributed by atoms with Crippen LogP contribution in [-0.4, -0.2) is 28.8 Å². The standard InChI is InChI=1S/C18H18ClN3O3/c19-15-11-14(22(24)25)8-9-16(15)20-18(23)12-21-10-4-7-17(21)13-5-2-1-3-6-13/h1-3,5-6,8-9,11,17H,4,7,10,12H2,(H,20,23). The minimum absolute atomic E-state index is 0.105. The summed E-state index contributed by atoms with van der Waals surface area (Å²) in [6, 6.07) is 14.4. The molecule has 0 bridgehead atoms. The molecule has 1 fully saturated rings. The van der Waals surface area contributed by atoms with Crippen LogP contribution >= 0.6 is 11.6 Å². The first-order valence-electron chi connectivity index (χ1n) is 8.07. The molecule has 6 nitrogen and oxygen atoms in total. The van der Waals surface area contributed by atoms with E-state index in [0.29, 0.717) is 5.69 Å². The monoisotopic (exact) mass is 359 g/mol. The summed E-state index contributed by atoms with van der Waals surface area (Å²) in [6.45, 7) is 1.12. The van der Waals surface area contributed by atoms with Gasteiger partial charge in [0.15, 0.2) is 0 Å². The number of anilines is 1. The van der Waals surface area contributed by atoms with E-state index in [2.05, 4.69) is 22.3 Å². The Morgan fingerprint density at radius 3 is 2.72 bits per heavy atom. The van der Waals surface area contributed by atoms with Crippen LogP contribution in [0.25, 0.3) is 0 Å². The van der Waals surface area contributed by atoms with Gasteiger partial charge in [0.05, 0.1) is 22.2 Å². The number of carbonyl (C=O) groups is 1. The lowest BCUT2D eigenvalue weighted by molar-refractivity contribution is -0.384. The van der Waals surface area contributed by atoms with Gasteiger partial charge < -0.3 is 5.32 Å². The number of halogens is 1. The van der Waals surface area contributed by atoms with Gasteiger partial charge in [0.25, 0.3) is 5.69 Å². The van der Waals surface area contributed by atoms with Crippen LogP contribution in [0.1, 0.15) is 24.4 Å². The van der Waals surface area contributed by atoms with Gasteiger partial charge in [0.2, 0.25) is 5.91 Å². The number of likely N-dealkylation sites (tertiary alicyclic amines) is 1. The molecule has 3 rings (SSSR count). The molecule has 2 aromatic rings. The molecule has 1 N–H and O–H groups in total. The summed E-state index contributed by atoms with van der Waals surface area (Å²) >= 11 is 6.03. The van der Waals surface area contributed by atoms with E-state index in [-0.39, 0.29) is 29.2 Å². The van der Waals surface area contributed by atoms with Crippen LogP contribution in [0.15, 0.2) is 48.5 Å². The fraction of sp³-hybridized carbons (Fsp3) is 0.278. The molecule has 1 heterocycles. The van der Waals surface area contributed by atoms with Gasteiger partial charge >= 0.3 is 0 Å². The molecule has 1 saturated heterocycles. The van der Waals surface area contributed by atoms with Gasteiger partial charge in [-0.25, -0.2) is 0 Å². The number of nitro benzene ring substituents is 1. The number of rotatable bonds is 5. The van der Waals surface area contributed by atoms with Crippen LogP contribution in [0.5, 0.6) is 0 Å². The SMILES string of the molecule is O=C(CN1CCCC1c1ccccc1)Nc1ccc([N+](=O)[O-])cc1Cl. The molecular weight excluding hydrogens is 342 g/mol. The van der Waals surface area contributed by atoms with Crippen molar-refractivity contribution >= 4 is 28.9 Å². The van der Waals surface area contributed by atoms with E-state index in [0.717, 1.165) is 19.4 Å². The predicted octanol–water partition coefficient (Wildman–Crippen LogP) is 4.02. The molecule has 0 spiro atoms. The molecule has 0 radical (unpaired) electrons. The van der Waals surface area contributed by atoms with E-state index < -0.39 is 4.92 Å². The minimum atomic E-state index is -0.522. The second-order valence-electron chi connectivity index (χ2n) is 6.01. The first-order chi connectivity index (χ1) is 12.0. The van der Waals surface area contributed by atoms with Gasteiger partial charge in [-0.3, -0.25) is 19.8 Å². The Kier molecular flexibility index (Phi) is 5.31. The average molecular weight is 360 g/mol. The Labute approximate surface area is 150 Å². The fourth-order valence-corrected chi connectivity index (χ4v) is 3.38. The normalized spacial score (nSPS) is 17.4. The summed E-state index contributed by atoms with van der Waals surface area (Å²) in [6.07, 6.45) is 2.07. The van der Waals surface area contributed by atoms with Crippen LogP contribution in [-0.2, 0) is 4.79 Å². The lowest BCUT2D eigenvalue weighted by Gasteiger charge is -2.24.